The number of carbonyl (C=O) groups is 2. The van der Waals surface area contributed by atoms with Crippen molar-refractivity contribution >= 4 is 39.2 Å². The highest BCUT2D eigenvalue weighted by Crippen LogP contribution is 2.39. The molecular weight excluding hydrogens is 346 g/mol. The van der Waals surface area contributed by atoms with Crippen LogP contribution < -0.4 is 10.1 Å². The van der Waals surface area contributed by atoms with Crippen LogP contribution in [0.15, 0.2) is 24.3 Å². The Bertz CT molecular complexity index is 530. The molecule has 1 aliphatic rings. The second-order valence-corrected chi connectivity index (χ2v) is 8.30. The summed E-state index contributed by atoms with van der Waals surface area (Å²) in [5, 5.41) is 3.41. The van der Waals surface area contributed by atoms with Gasteiger partial charge in [0.05, 0.1) is 7.11 Å². The number of rotatable bonds is 9. The molecule has 0 saturated carbocycles. The number of hydrogen-bond acceptors (Lipinski definition) is 6. The van der Waals surface area contributed by atoms with Gasteiger partial charge in [0.2, 0.25) is 0 Å². The zero-order valence-electron chi connectivity index (χ0n) is 13.8. The van der Waals surface area contributed by atoms with E-state index in [1.54, 1.807) is 31.4 Å². The Morgan fingerprint density at radius 3 is 2.71 bits per heavy atom. The normalized spacial score (nSPS) is 16.6. The van der Waals surface area contributed by atoms with Gasteiger partial charge in [-0.1, -0.05) is 28.0 Å². The minimum absolute atomic E-state index is 0.250. The molecule has 1 aromatic rings. The van der Waals surface area contributed by atoms with E-state index in [1.165, 1.54) is 12.2 Å². The Labute approximate surface area is 150 Å². The summed E-state index contributed by atoms with van der Waals surface area (Å²) in [5.41, 5.74) is 0.642. The second-order valence-electron chi connectivity index (χ2n) is 5.51. The third-order valence-electron chi connectivity index (χ3n) is 3.62. The van der Waals surface area contributed by atoms with Crippen LogP contribution in [0.5, 0.6) is 5.75 Å². The molecule has 0 spiro atoms. The summed E-state index contributed by atoms with van der Waals surface area (Å²) in [6.07, 6.45) is 4.65. The molecule has 2 rings (SSSR count). The van der Waals surface area contributed by atoms with E-state index in [4.69, 9.17) is 9.47 Å². The Morgan fingerprint density at radius 2 is 2.04 bits per heavy atom. The lowest BCUT2D eigenvalue weighted by molar-refractivity contribution is -0.147. The number of unbranched alkanes of at least 4 members (excludes halogenated alkanes) is 1. The van der Waals surface area contributed by atoms with Crippen LogP contribution in [-0.2, 0) is 14.3 Å². The fourth-order valence-electron chi connectivity index (χ4n) is 2.30. The summed E-state index contributed by atoms with van der Waals surface area (Å²) >= 11 is 0. The van der Waals surface area contributed by atoms with Gasteiger partial charge in [-0.2, -0.15) is 0 Å². The lowest BCUT2D eigenvalue weighted by Gasteiger charge is -2.08. The van der Waals surface area contributed by atoms with Crippen molar-refractivity contribution in [1.82, 2.24) is 0 Å². The predicted molar refractivity (Wildman–Crippen MR) is 99.5 cm³/mol. The van der Waals surface area contributed by atoms with E-state index in [0.29, 0.717) is 17.9 Å². The highest BCUT2D eigenvalue weighted by molar-refractivity contribution is 8.77. The molecule has 0 bridgehead atoms. The summed E-state index contributed by atoms with van der Waals surface area (Å²) in [7, 11) is 5.47. The highest BCUT2D eigenvalue weighted by atomic mass is 33.1. The number of amides is 1. The van der Waals surface area contributed by atoms with E-state index in [0.717, 1.165) is 24.5 Å². The van der Waals surface area contributed by atoms with Crippen LogP contribution in [0, 0.1) is 0 Å². The number of anilines is 1. The molecule has 132 valence electrons. The quantitative estimate of drug-likeness (QED) is 0.405. The van der Waals surface area contributed by atoms with E-state index in [9.17, 15) is 9.59 Å². The highest BCUT2D eigenvalue weighted by Gasteiger charge is 2.16. The largest absolute Gasteiger partial charge is 0.497 e. The van der Waals surface area contributed by atoms with Crippen molar-refractivity contribution in [2.75, 3.05) is 24.8 Å². The monoisotopic (exact) mass is 369 g/mol. The van der Waals surface area contributed by atoms with Gasteiger partial charge < -0.3 is 14.8 Å². The fraction of sp³-hybridized carbons (Fsp3) is 0.529. The van der Waals surface area contributed by atoms with Gasteiger partial charge in [0.1, 0.15) is 5.75 Å². The molecule has 0 unspecified atom stereocenters. The minimum atomic E-state index is -0.340. The van der Waals surface area contributed by atoms with Crippen LogP contribution in [0.4, 0.5) is 5.69 Å². The average Bonchev–Trinajstić information content (AvgIpc) is 3.11. The van der Waals surface area contributed by atoms with Gasteiger partial charge in [0.15, 0.2) is 6.61 Å². The van der Waals surface area contributed by atoms with Crippen molar-refractivity contribution in [3.63, 3.8) is 0 Å². The first-order chi connectivity index (χ1) is 11.7. The van der Waals surface area contributed by atoms with Crippen LogP contribution in [0.3, 0.4) is 0 Å². The van der Waals surface area contributed by atoms with Crippen molar-refractivity contribution in [3.8, 4) is 5.75 Å². The average molecular weight is 370 g/mol. The Balaban J connectivity index is 1.55. The maximum Gasteiger partial charge on any atom is 0.306 e. The number of hydrogen-bond donors (Lipinski definition) is 1. The Morgan fingerprint density at radius 1 is 1.25 bits per heavy atom. The van der Waals surface area contributed by atoms with Crippen LogP contribution in [0.25, 0.3) is 0 Å². The van der Waals surface area contributed by atoms with Crippen LogP contribution in [-0.4, -0.2) is 36.6 Å². The number of methoxy groups -OCH3 is 1. The van der Waals surface area contributed by atoms with Crippen LogP contribution in [0.2, 0.25) is 0 Å². The maximum absolute atomic E-state index is 11.8. The van der Waals surface area contributed by atoms with Crippen LogP contribution >= 0.6 is 21.6 Å². The van der Waals surface area contributed by atoms with E-state index in [-0.39, 0.29) is 18.5 Å². The molecular formula is C17H23NO4S2. The molecule has 1 saturated heterocycles. The zero-order valence-corrected chi connectivity index (χ0v) is 15.4. The van der Waals surface area contributed by atoms with Gasteiger partial charge in [-0.3, -0.25) is 9.59 Å². The molecule has 24 heavy (non-hydrogen) atoms. The minimum Gasteiger partial charge on any atom is -0.497 e. The number of ether oxygens (including phenoxy) is 2. The molecule has 1 fully saturated rings. The lowest BCUT2D eigenvalue weighted by Crippen LogP contribution is -2.20. The molecule has 1 aromatic carbocycles. The molecule has 0 radical (unpaired) electrons. The van der Waals surface area contributed by atoms with E-state index < -0.39 is 0 Å². The topological polar surface area (TPSA) is 64.6 Å². The molecule has 0 aliphatic carbocycles. The molecule has 1 heterocycles. The van der Waals surface area contributed by atoms with E-state index in [1.807, 2.05) is 21.6 Å². The Hall–Kier alpha value is -1.34. The summed E-state index contributed by atoms with van der Waals surface area (Å²) in [4.78, 5) is 23.4. The smallest absolute Gasteiger partial charge is 0.306 e. The summed E-state index contributed by atoms with van der Waals surface area (Å²) < 4.78 is 10.1. The van der Waals surface area contributed by atoms with Gasteiger partial charge in [-0.15, -0.1) is 0 Å². The first-order valence-electron chi connectivity index (χ1n) is 8.05. The first kappa shape index (κ1) is 19.0. The molecule has 7 heteroatoms. The lowest BCUT2D eigenvalue weighted by atomic mass is 10.1. The predicted octanol–water partition coefficient (Wildman–Crippen LogP) is 3.89. The third kappa shape index (κ3) is 7.05. The molecule has 0 aromatic heterocycles. The van der Waals surface area contributed by atoms with Crippen molar-refractivity contribution in [2.45, 2.75) is 37.4 Å². The van der Waals surface area contributed by atoms with Gasteiger partial charge in [-0.25, -0.2) is 0 Å². The maximum atomic E-state index is 11.8. The van der Waals surface area contributed by atoms with Crippen molar-refractivity contribution in [2.24, 2.45) is 0 Å². The second kappa shape index (κ2) is 10.5. The van der Waals surface area contributed by atoms with Gasteiger partial charge in [0, 0.05) is 23.1 Å². The van der Waals surface area contributed by atoms with Gasteiger partial charge in [-0.05, 0) is 43.5 Å². The number of nitrogens with one attached hydrogen (secondary N) is 1. The molecule has 1 N–H and O–H groups in total. The standard InChI is InChI=1S/C17H23NO4S2/c1-21-14-8-6-13(7-9-14)18-16(19)12-22-17(20)5-3-2-4-15-10-11-23-24-15/h6-9,15H,2-5,10-12H2,1H3,(H,18,19)/t15-/m0/s1. The molecule has 1 aliphatic heterocycles. The summed E-state index contributed by atoms with van der Waals surface area (Å²) in [6, 6.07) is 6.97. The van der Waals surface area contributed by atoms with Crippen LogP contribution in [0.1, 0.15) is 32.1 Å². The SMILES string of the molecule is COc1ccc(NC(=O)COC(=O)CCCC[C@H]2CCSS2)cc1. The van der Waals surface area contributed by atoms with Crippen molar-refractivity contribution < 1.29 is 19.1 Å². The fourth-order valence-corrected chi connectivity index (χ4v) is 5.32. The number of esters is 1. The first-order valence-corrected chi connectivity index (χ1v) is 10.4. The number of benzene rings is 1. The van der Waals surface area contributed by atoms with Gasteiger partial charge in [0.25, 0.3) is 5.91 Å². The van der Waals surface area contributed by atoms with Gasteiger partial charge >= 0.3 is 5.97 Å². The van der Waals surface area contributed by atoms with E-state index in [2.05, 4.69) is 5.32 Å². The number of carbonyl (C=O) groups excluding carboxylic acids is 2. The van der Waals surface area contributed by atoms with Crippen molar-refractivity contribution in [1.29, 1.82) is 0 Å². The summed E-state index contributed by atoms with van der Waals surface area (Å²) in [6.45, 7) is -0.250. The third-order valence-corrected chi connectivity index (χ3v) is 6.63. The van der Waals surface area contributed by atoms with E-state index >= 15 is 0 Å². The zero-order chi connectivity index (χ0) is 17.2. The van der Waals surface area contributed by atoms with Crippen molar-refractivity contribution in [3.05, 3.63) is 24.3 Å². The molecule has 1 atom stereocenters. The summed E-state index contributed by atoms with van der Waals surface area (Å²) in [5.74, 6) is 1.30. The Kier molecular flexibility index (Phi) is 8.32. The molecule has 5 nitrogen and oxygen atoms in total. The molecule has 1 amide bonds.